The minimum absolute atomic E-state index is 0.0814. The van der Waals surface area contributed by atoms with Gasteiger partial charge >= 0.3 is 11.6 Å². The molecule has 0 amide bonds. The number of ether oxygens (including phenoxy) is 1. The Morgan fingerprint density at radius 2 is 2.28 bits per heavy atom. The molecule has 0 spiro atoms. The molecule has 0 aliphatic rings. The minimum atomic E-state index is -0.574. The third kappa shape index (κ3) is 3.67. The first-order valence-corrected chi connectivity index (χ1v) is 8.39. The van der Waals surface area contributed by atoms with Crippen molar-refractivity contribution < 1.29 is 14.0 Å². The Morgan fingerprint density at radius 1 is 1.44 bits per heavy atom. The average molecular weight is 361 g/mol. The van der Waals surface area contributed by atoms with Crippen LogP contribution in [0.2, 0.25) is 0 Å². The number of thiophene rings is 1. The van der Waals surface area contributed by atoms with Gasteiger partial charge in [-0.15, -0.1) is 0 Å². The second-order valence-corrected chi connectivity index (χ2v) is 5.85. The normalized spacial score (nSPS) is 11.8. The molecule has 130 valence electrons. The number of nitrogens with zero attached hydrogens (tertiary/aromatic N) is 2. The number of hydrogen-bond donors (Lipinski definition) is 1. The first-order chi connectivity index (χ1) is 12.1. The summed E-state index contributed by atoms with van der Waals surface area (Å²) in [4.78, 5) is 35.6. The van der Waals surface area contributed by atoms with Crippen molar-refractivity contribution in [3.63, 3.8) is 0 Å². The maximum atomic E-state index is 12.3. The Kier molecular flexibility index (Phi) is 5.05. The van der Waals surface area contributed by atoms with E-state index < -0.39 is 11.2 Å². The van der Waals surface area contributed by atoms with Gasteiger partial charge in [-0.1, -0.05) is 12.1 Å². The summed E-state index contributed by atoms with van der Waals surface area (Å²) in [5.41, 5.74) is 0.829. The van der Waals surface area contributed by atoms with Crippen LogP contribution < -0.4 is 16.0 Å². The fourth-order valence-corrected chi connectivity index (χ4v) is 2.94. The lowest BCUT2D eigenvalue weighted by Gasteiger charge is -2.05. The molecule has 1 N–H and O–H groups in total. The quantitative estimate of drug-likeness (QED) is 0.531. The Bertz CT molecular complexity index is 1020. The molecule has 3 heterocycles. The topological polar surface area (TPSA) is 107 Å². The summed E-state index contributed by atoms with van der Waals surface area (Å²) in [5.74, 6) is 0. The zero-order valence-electron chi connectivity index (χ0n) is 13.6. The molecule has 3 aromatic rings. The lowest BCUT2D eigenvalue weighted by Crippen LogP contribution is -2.15. The first kappa shape index (κ1) is 17.1. The van der Waals surface area contributed by atoms with Gasteiger partial charge < -0.3 is 14.0 Å². The van der Waals surface area contributed by atoms with E-state index >= 15 is 0 Å². The van der Waals surface area contributed by atoms with Crippen LogP contribution in [-0.2, 0) is 11.2 Å². The molecule has 0 aliphatic carbocycles. The van der Waals surface area contributed by atoms with Gasteiger partial charge in [0.25, 0.3) is 5.56 Å². The molecule has 3 aromatic heterocycles. The largest absolute Gasteiger partial charge is 0.403 e. The molecule has 8 nitrogen and oxygen atoms in total. The summed E-state index contributed by atoms with van der Waals surface area (Å²) < 4.78 is 10.1. The molecular formula is C16H15N3O5S. The predicted octanol–water partition coefficient (Wildman–Crippen LogP) is 1.93. The summed E-state index contributed by atoms with van der Waals surface area (Å²) in [6.45, 7) is 2.06. The van der Waals surface area contributed by atoms with E-state index in [1.54, 1.807) is 7.11 Å². The molecule has 0 fully saturated rings. The van der Waals surface area contributed by atoms with E-state index in [1.165, 1.54) is 17.4 Å². The van der Waals surface area contributed by atoms with Crippen LogP contribution in [0.3, 0.4) is 0 Å². The van der Waals surface area contributed by atoms with Crippen molar-refractivity contribution in [2.24, 2.45) is 5.16 Å². The highest BCUT2D eigenvalue weighted by molar-refractivity contribution is 7.08. The van der Waals surface area contributed by atoms with E-state index in [1.807, 2.05) is 23.8 Å². The molecule has 0 unspecified atom stereocenters. The van der Waals surface area contributed by atoms with Gasteiger partial charge in [0, 0.05) is 18.7 Å². The lowest BCUT2D eigenvalue weighted by molar-refractivity contribution is 0.238. The summed E-state index contributed by atoms with van der Waals surface area (Å²) in [7, 11) is 1.54. The smallest absolute Gasteiger partial charge is 0.337 e. The highest BCUT2D eigenvalue weighted by Crippen LogP contribution is 2.14. The molecule has 0 aliphatic heterocycles. The minimum Gasteiger partial charge on any atom is -0.403 e. The van der Waals surface area contributed by atoms with Crippen molar-refractivity contribution in [3.8, 4) is 6.01 Å². The monoisotopic (exact) mass is 361 g/mol. The van der Waals surface area contributed by atoms with E-state index in [9.17, 15) is 9.59 Å². The molecular weight excluding hydrogens is 346 g/mol. The number of aromatic amines is 1. The van der Waals surface area contributed by atoms with Crippen molar-refractivity contribution >= 4 is 28.1 Å². The number of hydrogen-bond acceptors (Lipinski definition) is 8. The van der Waals surface area contributed by atoms with Gasteiger partial charge in [-0.3, -0.25) is 9.78 Å². The fraction of sp³-hybridized carbons (Fsp3) is 0.250. The Hall–Kier alpha value is -2.78. The van der Waals surface area contributed by atoms with Crippen LogP contribution in [0, 0.1) is 0 Å². The molecule has 0 radical (unpaired) electrons. The third-order valence-electron chi connectivity index (χ3n) is 3.43. The van der Waals surface area contributed by atoms with Crippen molar-refractivity contribution in [1.29, 1.82) is 0 Å². The number of oxime groups is 1. The maximum Gasteiger partial charge on any atom is 0.337 e. The van der Waals surface area contributed by atoms with Gasteiger partial charge in [-0.25, -0.2) is 4.79 Å². The van der Waals surface area contributed by atoms with Crippen molar-refractivity contribution in [1.82, 2.24) is 9.97 Å². The van der Waals surface area contributed by atoms with Gasteiger partial charge in [0.2, 0.25) is 5.71 Å². The van der Waals surface area contributed by atoms with E-state index in [0.29, 0.717) is 17.7 Å². The summed E-state index contributed by atoms with van der Waals surface area (Å²) in [6.07, 6.45) is 0.501. The van der Waals surface area contributed by atoms with Crippen molar-refractivity contribution in [3.05, 3.63) is 54.8 Å². The number of H-pyrrole nitrogens is 1. The molecule has 0 saturated heterocycles. The Balaban J connectivity index is 2.00. The van der Waals surface area contributed by atoms with Crippen LogP contribution in [-0.4, -0.2) is 29.4 Å². The second-order valence-electron chi connectivity index (χ2n) is 5.07. The van der Waals surface area contributed by atoms with Crippen LogP contribution in [0.4, 0.5) is 0 Å². The Labute approximate surface area is 145 Å². The van der Waals surface area contributed by atoms with Crippen LogP contribution in [0.25, 0.3) is 11.1 Å². The highest BCUT2D eigenvalue weighted by atomic mass is 32.1. The molecule has 9 heteroatoms. The standard InChI is InChI=1S/C16H15N3O5S/c1-3-9-6-12(20)23-15-13(9)14(21)17-16(18-15)24-19-11(7-22-2)10-4-5-25-8-10/h4-6,8H,3,7H2,1-2H3,(H,17,18,21). The zero-order valence-corrected chi connectivity index (χ0v) is 14.4. The molecule has 0 atom stereocenters. The van der Waals surface area contributed by atoms with Crippen LogP contribution in [0.5, 0.6) is 6.01 Å². The van der Waals surface area contributed by atoms with E-state index in [-0.39, 0.29) is 23.7 Å². The molecule has 0 bridgehead atoms. The molecule has 0 aromatic carbocycles. The van der Waals surface area contributed by atoms with E-state index in [2.05, 4.69) is 15.1 Å². The molecule has 25 heavy (non-hydrogen) atoms. The van der Waals surface area contributed by atoms with Crippen molar-refractivity contribution in [2.75, 3.05) is 13.7 Å². The van der Waals surface area contributed by atoms with Crippen molar-refractivity contribution in [2.45, 2.75) is 13.3 Å². The Morgan fingerprint density at radius 3 is 2.96 bits per heavy atom. The van der Waals surface area contributed by atoms with E-state index in [4.69, 9.17) is 14.0 Å². The van der Waals surface area contributed by atoms with Gasteiger partial charge in [-0.2, -0.15) is 16.3 Å². The van der Waals surface area contributed by atoms with Gasteiger partial charge in [0.15, 0.2) is 0 Å². The summed E-state index contributed by atoms with van der Waals surface area (Å²) in [5, 5.41) is 8.01. The number of nitrogens with one attached hydrogen (secondary N) is 1. The van der Waals surface area contributed by atoms with Gasteiger partial charge in [-0.05, 0) is 28.8 Å². The summed E-state index contributed by atoms with van der Waals surface area (Å²) >= 11 is 1.51. The number of fused-ring (bicyclic) bond motifs is 1. The van der Waals surface area contributed by atoms with E-state index in [0.717, 1.165) is 5.56 Å². The van der Waals surface area contributed by atoms with Gasteiger partial charge in [0.05, 0.1) is 6.61 Å². The summed E-state index contributed by atoms with van der Waals surface area (Å²) in [6, 6.07) is 2.98. The predicted molar refractivity (Wildman–Crippen MR) is 93.6 cm³/mol. The van der Waals surface area contributed by atoms with Crippen LogP contribution >= 0.6 is 11.3 Å². The molecule has 0 saturated carbocycles. The third-order valence-corrected chi connectivity index (χ3v) is 4.12. The highest BCUT2D eigenvalue weighted by Gasteiger charge is 2.13. The number of methoxy groups -OCH3 is 1. The maximum absolute atomic E-state index is 12.3. The number of aromatic nitrogens is 2. The molecule has 3 rings (SSSR count). The second kappa shape index (κ2) is 7.41. The number of rotatable bonds is 6. The van der Waals surface area contributed by atoms with Gasteiger partial charge in [0.1, 0.15) is 11.1 Å². The SMILES string of the molecule is CCc1cc(=O)oc2nc(ON=C(COC)c3ccsc3)[nH]c(=O)c12. The average Bonchev–Trinajstić information content (AvgIpc) is 3.11. The van der Waals surface area contributed by atoms with Crippen LogP contribution in [0.1, 0.15) is 18.1 Å². The lowest BCUT2D eigenvalue weighted by atomic mass is 10.1. The number of aryl methyl sites for hydroxylation is 1. The first-order valence-electron chi connectivity index (χ1n) is 7.44. The van der Waals surface area contributed by atoms with Crippen LogP contribution in [0.15, 0.2) is 42.1 Å². The zero-order chi connectivity index (χ0) is 17.8. The fourth-order valence-electron chi connectivity index (χ4n) is 2.28.